The van der Waals surface area contributed by atoms with Crippen molar-refractivity contribution in [3.05, 3.63) is 76.2 Å². The van der Waals surface area contributed by atoms with Crippen molar-refractivity contribution in [3.8, 4) is 16.9 Å². The Labute approximate surface area is 177 Å². The number of aryl methyl sites for hydroxylation is 1. The number of fused-ring (bicyclic) bond motifs is 1. The fraction of sp³-hybridized carbons (Fsp3) is 0.174. The van der Waals surface area contributed by atoms with Gasteiger partial charge in [0.25, 0.3) is 5.56 Å². The molecule has 4 rings (SSSR count). The van der Waals surface area contributed by atoms with Gasteiger partial charge < -0.3 is 10.1 Å². The monoisotopic (exact) mass is 419 g/mol. The number of carbonyl (C=O) groups is 1. The maximum absolute atomic E-state index is 12.6. The van der Waals surface area contributed by atoms with E-state index in [4.69, 9.17) is 4.74 Å². The molecule has 0 atom stereocenters. The number of amides is 1. The van der Waals surface area contributed by atoms with E-state index >= 15 is 0 Å². The Bertz CT molecular complexity index is 1260. The summed E-state index contributed by atoms with van der Waals surface area (Å²) in [6.45, 7) is 1.95. The minimum Gasteiger partial charge on any atom is -0.496 e. The summed E-state index contributed by atoms with van der Waals surface area (Å²) in [4.78, 5) is 31.3. The molecule has 0 saturated carbocycles. The van der Waals surface area contributed by atoms with Crippen molar-refractivity contribution >= 4 is 33.1 Å². The number of ether oxygens (including phenoxy) is 1. The van der Waals surface area contributed by atoms with Crippen LogP contribution in [0.3, 0.4) is 0 Å². The highest BCUT2D eigenvalue weighted by Gasteiger charge is 2.11. The lowest BCUT2D eigenvalue weighted by molar-refractivity contribution is -0.116. The van der Waals surface area contributed by atoms with Crippen LogP contribution < -0.4 is 15.6 Å². The van der Waals surface area contributed by atoms with Crippen LogP contribution >= 0.6 is 11.3 Å². The number of aromatic nitrogens is 2. The third kappa shape index (κ3) is 3.97. The molecule has 6 nitrogen and oxygen atoms in total. The van der Waals surface area contributed by atoms with E-state index in [1.807, 2.05) is 61.5 Å². The van der Waals surface area contributed by atoms with Crippen molar-refractivity contribution in [2.45, 2.75) is 19.9 Å². The van der Waals surface area contributed by atoms with Gasteiger partial charge >= 0.3 is 0 Å². The van der Waals surface area contributed by atoms with E-state index in [9.17, 15) is 9.59 Å². The Morgan fingerprint density at radius 2 is 1.93 bits per heavy atom. The maximum atomic E-state index is 12.6. The second-order valence-corrected chi connectivity index (χ2v) is 7.90. The molecule has 4 aromatic rings. The van der Waals surface area contributed by atoms with Crippen LogP contribution in [-0.4, -0.2) is 22.6 Å². The van der Waals surface area contributed by atoms with Gasteiger partial charge in [0.15, 0.2) is 0 Å². The van der Waals surface area contributed by atoms with Gasteiger partial charge in [-0.1, -0.05) is 37.3 Å². The van der Waals surface area contributed by atoms with Gasteiger partial charge in [0.2, 0.25) is 5.91 Å². The lowest BCUT2D eigenvalue weighted by Crippen LogP contribution is -2.27. The predicted molar refractivity (Wildman–Crippen MR) is 120 cm³/mol. The maximum Gasteiger partial charge on any atom is 0.262 e. The van der Waals surface area contributed by atoms with Crippen molar-refractivity contribution in [3.63, 3.8) is 0 Å². The van der Waals surface area contributed by atoms with Gasteiger partial charge in [0.1, 0.15) is 17.1 Å². The molecule has 30 heavy (non-hydrogen) atoms. The Morgan fingerprint density at radius 3 is 2.67 bits per heavy atom. The molecule has 0 saturated heterocycles. The molecule has 1 amide bonds. The predicted octanol–water partition coefficient (Wildman–Crippen LogP) is 4.33. The molecule has 0 radical (unpaired) electrons. The zero-order valence-corrected chi connectivity index (χ0v) is 17.5. The van der Waals surface area contributed by atoms with Crippen molar-refractivity contribution in [2.24, 2.45) is 0 Å². The Balaban J connectivity index is 1.49. The second-order valence-electron chi connectivity index (χ2n) is 6.79. The SMILES string of the molecule is CCc1cc2c(=O)n(CC(=O)Nc3ccc(-c4ccccc4OC)cc3)cnc2s1. The molecule has 0 fully saturated rings. The quantitative estimate of drug-likeness (QED) is 0.505. The Morgan fingerprint density at radius 1 is 1.17 bits per heavy atom. The second kappa shape index (κ2) is 8.51. The van der Waals surface area contributed by atoms with Crippen molar-refractivity contribution in [2.75, 3.05) is 12.4 Å². The van der Waals surface area contributed by atoms with Gasteiger partial charge in [-0.25, -0.2) is 4.98 Å². The smallest absolute Gasteiger partial charge is 0.262 e. The fourth-order valence-electron chi connectivity index (χ4n) is 3.27. The van der Waals surface area contributed by atoms with E-state index in [2.05, 4.69) is 10.3 Å². The summed E-state index contributed by atoms with van der Waals surface area (Å²) in [5.41, 5.74) is 2.42. The van der Waals surface area contributed by atoms with E-state index in [1.54, 1.807) is 7.11 Å². The molecule has 2 aromatic carbocycles. The molecule has 2 heterocycles. The zero-order chi connectivity index (χ0) is 21.1. The van der Waals surface area contributed by atoms with Crippen LogP contribution in [0.25, 0.3) is 21.3 Å². The van der Waals surface area contributed by atoms with Crippen LogP contribution in [0.2, 0.25) is 0 Å². The Kier molecular flexibility index (Phi) is 5.63. The highest BCUT2D eigenvalue weighted by Crippen LogP contribution is 2.30. The van der Waals surface area contributed by atoms with Crippen LogP contribution in [-0.2, 0) is 17.8 Å². The summed E-state index contributed by atoms with van der Waals surface area (Å²) in [7, 11) is 1.64. The van der Waals surface area contributed by atoms with Crippen LogP contribution in [0.5, 0.6) is 5.75 Å². The van der Waals surface area contributed by atoms with E-state index in [1.165, 1.54) is 22.2 Å². The average Bonchev–Trinajstić information content (AvgIpc) is 3.20. The van der Waals surface area contributed by atoms with Gasteiger partial charge in [-0.3, -0.25) is 14.2 Å². The number of rotatable bonds is 6. The number of benzene rings is 2. The van der Waals surface area contributed by atoms with Gasteiger partial charge in [-0.2, -0.15) is 0 Å². The van der Waals surface area contributed by atoms with E-state index in [0.717, 1.165) is 28.2 Å². The number of anilines is 1. The topological polar surface area (TPSA) is 73.2 Å². The average molecular weight is 420 g/mol. The van der Waals surface area contributed by atoms with Gasteiger partial charge in [0, 0.05) is 16.1 Å². The summed E-state index contributed by atoms with van der Waals surface area (Å²) < 4.78 is 6.74. The van der Waals surface area contributed by atoms with E-state index in [0.29, 0.717) is 15.9 Å². The Hall–Kier alpha value is -3.45. The number of nitrogens with one attached hydrogen (secondary N) is 1. The minimum absolute atomic E-state index is 0.0899. The first kappa shape index (κ1) is 19.8. The molecule has 2 aromatic heterocycles. The molecular formula is C23H21N3O3S. The number of carbonyl (C=O) groups excluding carboxylic acids is 1. The van der Waals surface area contributed by atoms with Crippen molar-refractivity contribution < 1.29 is 9.53 Å². The molecule has 0 bridgehead atoms. The zero-order valence-electron chi connectivity index (χ0n) is 16.7. The standard InChI is InChI=1S/C23H21N3O3S/c1-3-17-12-19-22(30-17)24-14-26(23(19)28)13-21(27)25-16-10-8-15(9-11-16)18-6-4-5-7-20(18)29-2/h4-12,14H,3,13H2,1-2H3,(H,25,27). The molecule has 0 spiro atoms. The van der Waals surface area contributed by atoms with Crippen molar-refractivity contribution in [1.29, 1.82) is 0 Å². The molecule has 0 aliphatic carbocycles. The summed E-state index contributed by atoms with van der Waals surface area (Å²) in [5.74, 6) is 0.505. The highest BCUT2D eigenvalue weighted by molar-refractivity contribution is 7.18. The van der Waals surface area contributed by atoms with Crippen LogP contribution in [0.1, 0.15) is 11.8 Å². The summed E-state index contributed by atoms with van der Waals surface area (Å²) in [5, 5.41) is 3.40. The van der Waals surface area contributed by atoms with Gasteiger partial charge in [-0.05, 0) is 36.2 Å². The summed E-state index contributed by atoms with van der Waals surface area (Å²) in [6, 6.07) is 17.1. The van der Waals surface area contributed by atoms with Crippen LogP contribution in [0.15, 0.2) is 65.7 Å². The normalized spacial score (nSPS) is 10.9. The third-order valence-corrected chi connectivity index (χ3v) is 6.01. The minimum atomic E-state index is -0.283. The molecular weight excluding hydrogens is 398 g/mol. The third-order valence-electron chi connectivity index (χ3n) is 4.82. The van der Waals surface area contributed by atoms with Crippen molar-refractivity contribution in [1.82, 2.24) is 9.55 Å². The lowest BCUT2D eigenvalue weighted by Gasteiger charge is -2.10. The summed E-state index contributed by atoms with van der Waals surface area (Å²) in [6.07, 6.45) is 2.29. The molecule has 0 unspecified atom stereocenters. The first-order valence-electron chi connectivity index (χ1n) is 9.60. The number of hydrogen-bond acceptors (Lipinski definition) is 5. The first-order chi connectivity index (χ1) is 14.6. The number of hydrogen-bond donors (Lipinski definition) is 1. The van der Waals surface area contributed by atoms with Gasteiger partial charge in [0.05, 0.1) is 18.8 Å². The van der Waals surface area contributed by atoms with Crippen LogP contribution in [0, 0.1) is 0 Å². The molecule has 152 valence electrons. The number of nitrogens with zero attached hydrogens (tertiary/aromatic N) is 2. The number of methoxy groups -OCH3 is 1. The lowest BCUT2D eigenvalue weighted by atomic mass is 10.0. The summed E-state index contributed by atoms with van der Waals surface area (Å²) >= 11 is 1.51. The first-order valence-corrected chi connectivity index (χ1v) is 10.4. The molecule has 0 aliphatic heterocycles. The highest BCUT2D eigenvalue weighted by atomic mass is 32.1. The number of para-hydroxylation sites is 1. The largest absolute Gasteiger partial charge is 0.496 e. The van der Waals surface area contributed by atoms with E-state index in [-0.39, 0.29) is 18.0 Å². The molecule has 0 aliphatic rings. The van der Waals surface area contributed by atoms with E-state index < -0.39 is 0 Å². The fourth-order valence-corrected chi connectivity index (χ4v) is 4.19. The molecule has 7 heteroatoms. The number of thiophene rings is 1. The van der Waals surface area contributed by atoms with Crippen LogP contribution in [0.4, 0.5) is 5.69 Å². The molecule has 1 N–H and O–H groups in total. The van der Waals surface area contributed by atoms with Gasteiger partial charge in [-0.15, -0.1) is 11.3 Å².